The quantitative estimate of drug-likeness (QED) is 0.437. The number of ether oxygens (including phenoxy) is 1. The van der Waals surface area contributed by atoms with E-state index in [-0.39, 0.29) is 47.8 Å². The first-order valence-corrected chi connectivity index (χ1v) is 11.5. The molecule has 0 aromatic heterocycles. The molecule has 1 N–H and O–H groups in total. The predicted octanol–water partition coefficient (Wildman–Crippen LogP) is 3.48. The molecule has 1 rings (SSSR count). The van der Waals surface area contributed by atoms with Crippen LogP contribution in [0.15, 0.2) is 18.2 Å². The van der Waals surface area contributed by atoms with Gasteiger partial charge < -0.3 is 10.1 Å². The van der Waals surface area contributed by atoms with E-state index in [2.05, 4.69) is 26.1 Å². The van der Waals surface area contributed by atoms with E-state index < -0.39 is 20.5 Å². The van der Waals surface area contributed by atoms with Crippen LogP contribution in [0.1, 0.15) is 53.9 Å². The minimum Gasteiger partial charge on any atom is -0.495 e. The van der Waals surface area contributed by atoms with Crippen LogP contribution in [0.4, 0.5) is 11.4 Å². The van der Waals surface area contributed by atoms with Crippen molar-refractivity contribution in [2.45, 2.75) is 59.4 Å². The number of hydrogen-bond acceptors (Lipinski definition) is 6. The number of rotatable bonds is 10. The lowest BCUT2D eigenvalue weighted by Gasteiger charge is -2.33. The smallest absolute Gasteiger partial charge is 0.271 e. The van der Waals surface area contributed by atoms with Crippen molar-refractivity contribution < 1.29 is 22.9 Å². The Balaban J connectivity index is 2.94. The second-order valence-corrected chi connectivity index (χ2v) is 11.1. The highest BCUT2D eigenvalue weighted by Gasteiger charge is 2.28. The molecule has 0 radical (unpaired) electrons. The normalized spacial score (nSPS) is 12.4. The molecule has 0 atom stereocenters. The van der Waals surface area contributed by atoms with Gasteiger partial charge in [-0.15, -0.1) is 0 Å². The zero-order valence-corrected chi connectivity index (χ0v) is 19.6. The van der Waals surface area contributed by atoms with E-state index in [0.717, 1.165) is 23.0 Å². The summed E-state index contributed by atoms with van der Waals surface area (Å²) in [5.41, 5.74) is -0.527. The van der Waals surface area contributed by atoms with Crippen molar-refractivity contribution in [1.29, 1.82) is 0 Å². The summed E-state index contributed by atoms with van der Waals surface area (Å²) in [5, 5.41) is 14.1. The third-order valence-electron chi connectivity index (χ3n) is 4.26. The molecule has 0 spiro atoms. The average molecular weight is 444 g/mol. The van der Waals surface area contributed by atoms with Crippen LogP contribution >= 0.6 is 0 Å². The van der Waals surface area contributed by atoms with Gasteiger partial charge >= 0.3 is 0 Å². The molecule has 0 heterocycles. The summed E-state index contributed by atoms with van der Waals surface area (Å²) in [4.78, 5) is 22.9. The minimum atomic E-state index is -3.75. The van der Waals surface area contributed by atoms with Gasteiger partial charge in [-0.25, -0.2) is 8.42 Å². The second kappa shape index (κ2) is 9.63. The van der Waals surface area contributed by atoms with Crippen molar-refractivity contribution in [3.05, 3.63) is 28.3 Å². The molecule has 1 aromatic rings. The Labute approximate surface area is 179 Å². The number of methoxy groups -OCH3 is 1. The summed E-state index contributed by atoms with van der Waals surface area (Å²) in [6.45, 7) is 10.2. The zero-order chi connectivity index (χ0) is 23.3. The number of carbonyl (C=O) groups is 1. The van der Waals surface area contributed by atoms with E-state index in [4.69, 9.17) is 4.74 Å². The summed E-state index contributed by atoms with van der Waals surface area (Å²) in [7, 11) is -2.39. The maximum atomic E-state index is 12.4. The first-order chi connectivity index (χ1) is 13.6. The molecule has 1 aromatic carbocycles. The fourth-order valence-corrected chi connectivity index (χ4v) is 4.61. The minimum absolute atomic E-state index is 0.0104. The fourth-order valence-electron chi connectivity index (χ4n) is 3.64. The summed E-state index contributed by atoms with van der Waals surface area (Å²) in [6.07, 6.45) is 2.16. The number of benzene rings is 1. The number of nitrogens with one attached hydrogen (secondary N) is 1. The van der Waals surface area contributed by atoms with Crippen LogP contribution in [0.25, 0.3) is 0 Å². The Morgan fingerprint density at radius 3 is 2.30 bits per heavy atom. The number of nitro groups is 1. The van der Waals surface area contributed by atoms with Gasteiger partial charge in [-0.05, 0) is 38.2 Å². The van der Waals surface area contributed by atoms with Crippen molar-refractivity contribution in [2.24, 2.45) is 5.41 Å². The molecule has 10 heteroatoms. The van der Waals surface area contributed by atoms with Crippen LogP contribution in [0.5, 0.6) is 5.75 Å². The summed E-state index contributed by atoms with van der Waals surface area (Å²) < 4.78 is 30.9. The molecule has 0 aliphatic carbocycles. The fraction of sp³-hybridized carbons (Fsp3) is 0.650. The van der Waals surface area contributed by atoms with E-state index in [0.29, 0.717) is 0 Å². The predicted molar refractivity (Wildman–Crippen MR) is 117 cm³/mol. The molecule has 0 bridgehead atoms. The SMILES string of the molecule is COc1ccc([N+](=O)[O-])cc1N(CCCC(=O)NC(C)(C)CC(C)(C)C)S(C)(=O)=O. The summed E-state index contributed by atoms with van der Waals surface area (Å²) in [6, 6.07) is 3.76. The van der Waals surface area contributed by atoms with Crippen LogP contribution in [-0.4, -0.2) is 44.7 Å². The molecule has 1 amide bonds. The zero-order valence-electron chi connectivity index (χ0n) is 18.8. The van der Waals surface area contributed by atoms with Gasteiger partial charge in [0, 0.05) is 30.6 Å². The van der Waals surface area contributed by atoms with Gasteiger partial charge in [0.1, 0.15) is 11.4 Å². The maximum Gasteiger partial charge on any atom is 0.271 e. The summed E-state index contributed by atoms with van der Waals surface area (Å²) in [5.74, 6) is 0.0190. The van der Waals surface area contributed by atoms with Crippen LogP contribution in [0, 0.1) is 15.5 Å². The lowest BCUT2D eigenvalue weighted by atomic mass is 9.82. The lowest BCUT2D eigenvalue weighted by Crippen LogP contribution is -2.46. The van der Waals surface area contributed by atoms with Gasteiger partial charge in [-0.1, -0.05) is 20.8 Å². The molecule has 0 saturated heterocycles. The molecule has 0 aliphatic heterocycles. The van der Waals surface area contributed by atoms with E-state index in [9.17, 15) is 23.3 Å². The average Bonchev–Trinajstić information content (AvgIpc) is 2.54. The number of non-ortho nitro benzene ring substituents is 1. The molecular formula is C20H33N3O6S. The van der Waals surface area contributed by atoms with Gasteiger partial charge in [0.05, 0.1) is 18.3 Å². The number of carbonyl (C=O) groups excluding carboxylic acids is 1. The lowest BCUT2D eigenvalue weighted by molar-refractivity contribution is -0.384. The van der Waals surface area contributed by atoms with E-state index >= 15 is 0 Å². The Bertz CT molecular complexity index is 875. The highest BCUT2D eigenvalue weighted by atomic mass is 32.2. The molecule has 0 unspecified atom stereocenters. The molecular weight excluding hydrogens is 410 g/mol. The number of anilines is 1. The topological polar surface area (TPSA) is 119 Å². The van der Waals surface area contributed by atoms with Crippen LogP contribution < -0.4 is 14.4 Å². The highest BCUT2D eigenvalue weighted by Crippen LogP contribution is 2.34. The molecule has 30 heavy (non-hydrogen) atoms. The van der Waals surface area contributed by atoms with E-state index in [1.165, 1.54) is 19.2 Å². The monoisotopic (exact) mass is 443 g/mol. The third-order valence-corrected chi connectivity index (χ3v) is 5.44. The third kappa shape index (κ3) is 8.17. The summed E-state index contributed by atoms with van der Waals surface area (Å²) >= 11 is 0. The number of hydrogen-bond donors (Lipinski definition) is 1. The number of nitro benzene ring substituents is 1. The van der Waals surface area contributed by atoms with Crippen LogP contribution in [-0.2, 0) is 14.8 Å². The Hall–Kier alpha value is -2.36. The number of amides is 1. The Morgan fingerprint density at radius 2 is 1.83 bits per heavy atom. The van der Waals surface area contributed by atoms with Crippen LogP contribution in [0.2, 0.25) is 0 Å². The Kier molecular flexibility index (Phi) is 8.24. The van der Waals surface area contributed by atoms with E-state index in [1.807, 2.05) is 13.8 Å². The van der Waals surface area contributed by atoms with Gasteiger partial charge in [0.25, 0.3) is 5.69 Å². The van der Waals surface area contributed by atoms with Crippen molar-refractivity contribution in [3.8, 4) is 5.75 Å². The molecule has 9 nitrogen and oxygen atoms in total. The second-order valence-electron chi connectivity index (χ2n) is 9.22. The standard InChI is InChI=1S/C20H33N3O6S/c1-19(2,3)14-20(4,5)21-18(24)9-8-12-22(30(7,27)28)16-13-15(23(25)26)10-11-17(16)29-6/h10-11,13H,8-9,12,14H2,1-7H3,(H,21,24). The first-order valence-electron chi connectivity index (χ1n) is 9.67. The highest BCUT2D eigenvalue weighted by molar-refractivity contribution is 7.92. The van der Waals surface area contributed by atoms with Gasteiger partial charge in [0.2, 0.25) is 15.9 Å². The maximum absolute atomic E-state index is 12.4. The molecule has 0 saturated carbocycles. The molecule has 170 valence electrons. The molecule has 0 fully saturated rings. The van der Waals surface area contributed by atoms with Crippen molar-refractivity contribution in [2.75, 3.05) is 24.2 Å². The van der Waals surface area contributed by atoms with Crippen molar-refractivity contribution in [3.63, 3.8) is 0 Å². The van der Waals surface area contributed by atoms with E-state index in [1.54, 1.807) is 0 Å². The van der Waals surface area contributed by atoms with Gasteiger partial charge in [0.15, 0.2) is 0 Å². The first kappa shape index (κ1) is 25.7. The Morgan fingerprint density at radius 1 is 1.23 bits per heavy atom. The largest absolute Gasteiger partial charge is 0.495 e. The number of nitrogens with zero attached hydrogens (tertiary/aromatic N) is 2. The van der Waals surface area contributed by atoms with Crippen molar-refractivity contribution in [1.82, 2.24) is 5.32 Å². The van der Waals surface area contributed by atoms with Crippen molar-refractivity contribution >= 4 is 27.3 Å². The van der Waals surface area contributed by atoms with Gasteiger partial charge in [-0.2, -0.15) is 0 Å². The van der Waals surface area contributed by atoms with Crippen LogP contribution in [0.3, 0.4) is 0 Å². The number of sulfonamides is 1. The molecule has 0 aliphatic rings. The van der Waals surface area contributed by atoms with Gasteiger partial charge in [-0.3, -0.25) is 19.2 Å².